The fourth-order valence-corrected chi connectivity index (χ4v) is 3.65. The van der Waals surface area contributed by atoms with Gasteiger partial charge in [0.1, 0.15) is 6.10 Å². The van der Waals surface area contributed by atoms with Gasteiger partial charge in [0.05, 0.1) is 6.54 Å². The van der Waals surface area contributed by atoms with Crippen molar-refractivity contribution in [3.63, 3.8) is 0 Å². The Morgan fingerprint density at radius 3 is 1.52 bits per heavy atom. The summed E-state index contributed by atoms with van der Waals surface area (Å²) in [5.41, 5.74) is 0. The molecule has 0 bridgehead atoms. The van der Waals surface area contributed by atoms with Gasteiger partial charge in [-0.1, -0.05) is 110 Å². The van der Waals surface area contributed by atoms with Crippen LogP contribution in [0.1, 0.15) is 129 Å². The monoisotopic (exact) mass is 351 g/mol. The molecule has 25 heavy (non-hydrogen) atoms. The van der Waals surface area contributed by atoms with Crippen LogP contribution in [-0.2, 0) is 4.74 Å². The van der Waals surface area contributed by atoms with Gasteiger partial charge in [-0.2, -0.15) is 0 Å². The molecule has 0 aromatic heterocycles. The zero-order valence-corrected chi connectivity index (χ0v) is 17.4. The molecule has 0 aliphatic carbocycles. The van der Waals surface area contributed by atoms with Gasteiger partial charge < -0.3 is 4.74 Å². The summed E-state index contributed by atoms with van der Waals surface area (Å²) in [5.74, 6) is 1.03. The van der Waals surface area contributed by atoms with E-state index in [0.717, 1.165) is 25.3 Å². The molecule has 0 aromatic carbocycles. The summed E-state index contributed by atoms with van der Waals surface area (Å²) < 4.78 is 5.78. The van der Waals surface area contributed by atoms with E-state index in [1.165, 1.54) is 103 Å². The van der Waals surface area contributed by atoms with Gasteiger partial charge in [-0.25, -0.2) is 0 Å². The van der Waals surface area contributed by atoms with Crippen LogP contribution in [0.5, 0.6) is 0 Å². The van der Waals surface area contributed by atoms with Crippen LogP contribution >= 0.6 is 0 Å². The highest BCUT2D eigenvalue weighted by Crippen LogP contribution is 2.16. The Kier molecular flexibility index (Phi) is 15.2. The van der Waals surface area contributed by atoms with Crippen molar-refractivity contribution in [2.75, 3.05) is 6.54 Å². The summed E-state index contributed by atoms with van der Waals surface area (Å²) in [6, 6.07) is 0. The smallest absolute Gasteiger partial charge is 0.183 e. The predicted octanol–water partition coefficient (Wildman–Crippen LogP) is 7.85. The summed E-state index contributed by atoms with van der Waals surface area (Å²) in [6.07, 6.45) is 25.3. The Balaban J connectivity index is 1.70. The van der Waals surface area contributed by atoms with Crippen molar-refractivity contribution in [3.8, 4) is 0 Å². The van der Waals surface area contributed by atoms with E-state index in [-0.39, 0.29) is 0 Å². The average Bonchev–Trinajstić information content (AvgIpc) is 3.09. The fourth-order valence-electron chi connectivity index (χ4n) is 3.65. The van der Waals surface area contributed by atoms with Crippen molar-refractivity contribution < 1.29 is 4.74 Å². The van der Waals surface area contributed by atoms with Crippen LogP contribution in [0.3, 0.4) is 0 Å². The molecule has 0 radical (unpaired) electrons. The van der Waals surface area contributed by atoms with E-state index in [4.69, 9.17) is 4.74 Å². The zero-order valence-electron chi connectivity index (χ0n) is 17.4. The molecule has 0 saturated heterocycles. The summed E-state index contributed by atoms with van der Waals surface area (Å²) in [5, 5.41) is 0. The minimum absolute atomic E-state index is 0.371. The Morgan fingerprint density at radius 2 is 1.12 bits per heavy atom. The predicted molar refractivity (Wildman–Crippen MR) is 112 cm³/mol. The third-order valence-electron chi connectivity index (χ3n) is 5.47. The summed E-state index contributed by atoms with van der Waals surface area (Å²) in [7, 11) is 0. The molecule has 1 aliphatic heterocycles. The lowest BCUT2D eigenvalue weighted by Gasteiger charge is -2.08. The molecule has 0 N–H and O–H groups in total. The first-order valence-electron chi connectivity index (χ1n) is 11.6. The normalized spacial score (nSPS) is 16.9. The van der Waals surface area contributed by atoms with E-state index < -0.39 is 0 Å². The van der Waals surface area contributed by atoms with Crippen LogP contribution in [0.15, 0.2) is 4.99 Å². The fraction of sp³-hybridized carbons (Fsp3) is 0.957. The number of nitrogens with zero attached hydrogens (tertiary/aromatic N) is 1. The summed E-state index contributed by atoms with van der Waals surface area (Å²) >= 11 is 0. The maximum absolute atomic E-state index is 5.78. The van der Waals surface area contributed by atoms with E-state index in [1.54, 1.807) is 0 Å². The minimum Gasteiger partial charge on any atom is -0.476 e. The molecular formula is C23H45NO. The van der Waals surface area contributed by atoms with Crippen LogP contribution < -0.4 is 0 Å². The van der Waals surface area contributed by atoms with Crippen molar-refractivity contribution in [3.05, 3.63) is 0 Å². The quantitative estimate of drug-likeness (QED) is 0.230. The number of aliphatic imine (C=N–C) groups is 1. The van der Waals surface area contributed by atoms with Gasteiger partial charge >= 0.3 is 0 Å². The molecule has 0 saturated carbocycles. The van der Waals surface area contributed by atoms with Crippen LogP contribution in [0.25, 0.3) is 0 Å². The van der Waals surface area contributed by atoms with E-state index in [1.807, 2.05) is 0 Å². The molecule has 1 aliphatic rings. The van der Waals surface area contributed by atoms with Crippen LogP contribution in [0.2, 0.25) is 0 Å². The van der Waals surface area contributed by atoms with Gasteiger partial charge in [0.15, 0.2) is 5.90 Å². The number of ether oxygens (including phenoxy) is 1. The molecule has 0 spiro atoms. The molecule has 0 amide bonds. The number of unbranched alkanes of at least 4 members (excludes halogenated alkanes) is 15. The molecular weight excluding hydrogens is 306 g/mol. The Labute approximate surface area is 158 Å². The molecule has 148 valence electrons. The van der Waals surface area contributed by atoms with Crippen LogP contribution in [0, 0.1) is 0 Å². The van der Waals surface area contributed by atoms with E-state index in [2.05, 4.69) is 18.8 Å². The zero-order chi connectivity index (χ0) is 18.0. The molecule has 0 fully saturated rings. The Morgan fingerprint density at radius 1 is 0.680 bits per heavy atom. The first-order chi connectivity index (χ1) is 12.4. The van der Waals surface area contributed by atoms with Crippen molar-refractivity contribution >= 4 is 5.90 Å². The first-order valence-corrected chi connectivity index (χ1v) is 11.6. The summed E-state index contributed by atoms with van der Waals surface area (Å²) in [6.45, 7) is 5.37. The van der Waals surface area contributed by atoms with Crippen molar-refractivity contribution in [2.45, 2.75) is 136 Å². The van der Waals surface area contributed by atoms with Crippen LogP contribution in [-0.4, -0.2) is 18.5 Å². The standard InChI is InChI=1S/C23H45NO/c1-3-5-6-7-8-9-10-11-12-13-14-15-16-17-18-19-20-23-24-21-22(4-2)25-23/h22H,3-21H2,1-2H3. The van der Waals surface area contributed by atoms with Crippen molar-refractivity contribution in [1.82, 2.24) is 0 Å². The average molecular weight is 352 g/mol. The SMILES string of the molecule is CCCCCCCCCCCCCCCCCCC1=NCC(CC)O1. The molecule has 2 nitrogen and oxygen atoms in total. The Bertz CT molecular complexity index is 313. The largest absolute Gasteiger partial charge is 0.476 e. The highest BCUT2D eigenvalue weighted by atomic mass is 16.5. The highest BCUT2D eigenvalue weighted by molar-refractivity contribution is 5.77. The van der Waals surface area contributed by atoms with Gasteiger partial charge in [-0.05, 0) is 12.8 Å². The summed E-state index contributed by atoms with van der Waals surface area (Å²) in [4.78, 5) is 4.49. The molecule has 0 aromatic rings. The van der Waals surface area contributed by atoms with Crippen molar-refractivity contribution in [1.29, 1.82) is 0 Å². The second kappa shape index (κ2) is 16.9. The minimum atomic E-state index is 0.371. The lowest BCUT2D eigenvalue weighted by molar-refractivity contribution is 0.213. The molecule has 1 heterocycles. The van der Waals surface area contributed by atoms with Gasteiger partial charge in [-0.15, -0.1) is 0 Å². The maximum atomic E-state index is 5.78. The van der Waals surface area contributed by atoms with Crippen molar-refractivity contribution in [2.24, 2.45) is 4.99 Å². The van der Waals surface area contributed by atoms with Gasteiger partial charge in [0.25, 0.3) is 0 Å². The lowest BCUT2D eigenvalue weighted by atomic mass is 10.0. The highest BCUT2D eigenvalue weighted by Gasteiger charge is 2.16. The second-order valence-corrected chi connectivity index (χ2v) is 7.94. The van der Waals surface area contributed by atoms with E-state index in [0.29, 0.717) is 6.10 Å². The van der Waals surface area contributed by atoms with E-state index >= 15 is 0 Å². The van der Waals surface area contributed by atoms with Gasteiger partial charge in [0.2, 0.25) is 0 Å². The number of hydrogen-bond acceptors (Lipinski definition) is 2. The van der Waals surface area contributed by atoms with Crippen LogP contribution in [0.4, 0.5) is 0 Å². The number of hydrogen-bond donors (Lipinski definition) is 0. The lowest BCUT2D eigenvalue weighted by Crippen LogP contribution is -2.11. The molecule has 2 heteroatoms. The number of rotatable bonds is 18. The van der Waals surface area contributed by atoms with Gasteiger partial charge in [0, 0.05) is 6.42 Å². The Hall–Kier alpha value is -0.530. The third kappa shape index (κ3) is 13.3. The molecule has 1 atom stereocenters. The topological polar surface area (TPSA) is 21.6 Å². The second-order valence-electron chi connectivity index (χ2n) is 7.94. The maximum Gasteiger partial charge on any atom is 0.183 e. The first kappa shape index (κ1) is 22.5. The van der Waals surface area contributed by atoms with E-state index in [9.17, 15) is 0 Å². The molecule has 1 unspecified atom stereocenters. The third-order valence-corrected chi connectivity index (χ3v) is 5.47. The molecule has 1 rings (SSSR count). The van der Waals surface area contributed by atoms with Gasteiger partial charge in [-0.3, -0.25) is 4.99 Å².